The van der Waals surface area contributed by atoms with Gasteiger partial charge in [0.25, 0.3) is 0 Å². The molecule has 1 aliphatic heterocycles. The van der Waals surface area contributed by atoms with Crippen molar-refractivity contribution < 1.29 is 9.90 Å². The fourth-order valence-electron chi connectivity index (χ4n) is 3.60. The van der Waals surface area contributed by atoms with Crippen molar-refractivity contribution in [1.82, 2.24) is 4.90 Å². The lowest BCUT2D eigenvalue weighted by Crippen LogP contribution is -2.45. The zero-order chi connectivity index (χ0) is 16.9. The fourth-order valence-corrected chi connectivity index (χ4v) is 3.60. The van der Waals surface area contributed by atoms with E-state index in [4.69, 9.17) is 0 Å². The van der Waals surface area contributed by atoms with E-state index in [1.54, 1.807) is 0 Å². The molecule has 1 aliphatic rings. The van der Waals surface area contributed by atoms with Gasteiger partial charge in [0.15, 0.2) is 0 Å². The average molecular weight is 324 g/mol. The summed E-state index contributed by atoms with van der Waals surface area (Å²) < 4.78 is 0. The highest BCUT2D eigenvalue weighted by Gasteiger charge is 2.33. The molecule has 0 aliphatic carbocycles. The zero-order valence-electron chi connectivity index (χ0n) is 15.3. The predicted octanol–water partition coefficient (Wildman–Crippen LogP) is 5.61. The molecule has 3 heteroatoms. The van der Waals surface area contributed by atoms with E-state index in [1.165, 1.54) is 57.8 Å². The van der Waals surface area contributed by atoms with Crippen molar-refractivity contribution in [2.24, 2.45) is 5.92 Å². The molecule has 23 heavy (non-hydrogen) atoms. The third-order valence-corrected chi connectivity index (χ3v) is 4.99. The van der Waals surface area contributed by atoms with Crippen LogP contribution >= 0.6 is 0 Å². The Kier molecular flexibility index (Phi) is 10.8. The molecule has 0 aromatic heterocycles. The van der Waals surface area contributed by atoms with Crippen molar-refractivity contribution in [3.8, 4) is 0 Å². The quantitative estimate of drug-likeness (QED) is 0.448. The second-order valence-corrected chi connectivity index (χ2v) is 7.02. The van der Waals surface area contributed by atoms with Crippen LogP contribution in [0.3, 0.4) is 0 Å². The van der Waals surface area contributed by atoms with Gasteiger partial charge < -0.3 is 10.0 Å². The summed E-state index contributed by atoms with van der Waals surface area (Å²) in [6.07, 6.45) is 18.6. The highest BCUT2D eigenvalue weighted by atomic mass is 16.4. The van der Waals surface area contributed by atoms with E-state index >= 15 is 0 Å². The van der Waals surface area contributed by atoms with E-state index in [0.717, 1.165) is 25.8 Å². The maximum atomic E-state index is 11.8. The molecule has 0 bridgehead atoms. The Balaban J connectivity index is 2.40. The second-order valence-electron chi connectivity index (χ2n) is 7.02. The van der Waals surface area contributed by atoms with Crippen LogP contribution in [0.4, 0.5) is 0 Å². The molecule has 0 fully saturated rings. The Labute approximate surface area is 143 Å². The normalized spacial score (nSPS) is 20.9. The molecule has 0 aromatic rings. The first-order valence-electron chi connectivity index (χ1n) is 9.85. The molecule has 1 rings (SSSR count). The summed E-state index contributed by atoms with van der Waals surface area (Å²) in [6, 6.07) is -0.308. The second kappa shape index (κ2) is 12.4. The smallest absolute Gasteiger partial charge is 0.326 e. The van der Waals surface area contributed by atoms with E-state index < -0.39 is 5.97 Å². The number of allylic oxidation sites excluding steroid dienone is 1. The predicted molar refractivity (Wildman–Crippen MR) is 97.5 cm³/mol. The van der Waals surface area contributed by atoms with Crippen molar-refractivity contribution in [1.29, 1.82) is 0 Å². The van der Waals surface area contributed by atoms with Gasteiger partial charge in [-0.1, -0.05) is 77.7 Å². The summed E-state index contributed by atoms with van der Waals surface area (Å²) in [5.74, 6) is -0.351. The minimum Gasteiger partial charge on any atom is -0.480 e. The van der Waals surface area contributed by atoms with Crippen LogP contribution in [0.1, 0.15) is 90.9 Å². The van der Waals surface area contributed by atoms with Gasteiger partial charge in [-0.25, -0.2) is 4.79 Å². The maximum absolute atomic E-state index is 11.8. The third kappa shape index (κ3) is 7.90. The standard InChI is InChI=1S/C20H37NO2/c1-3-5-7-9-11-14-18-15-13-17-21(19(18)20(22)23)16-12-10-8-6-4-2/h13,17-19H,3-12,14-16H2,1-2H3,(H,22,23). The van der Waals surface area contributed by atoms with E-state index in [9.17, 15) is 9.90 Å². The summed E-state index contributed by atoms with van der Waals surface area (Å²) in [4.78, 5) is 13.9. The Bertz CT molecular complexity index is 341. The molecule has 1 heterocycles. The van der Waals surface area contributed by atoms with Gasteiger partial charge >= 0.3 is 5.97 Å². The Morgan fingerprint density at radius 3 is 2.22 bits per heavy atom. The molecule has 0 saturated carbocycles. The summed E-state index contributed by atoms with van der Waals surface area (Å²) in [5, 5.41) is 9.69. The Morgan fingerprint density at radius 1 is 1.00 bits per heavy atom. The van der Waals surface area contributed by atoms with Crippen molar-refractivity contribution in [3.05, 3.63) is 12.3 Å². The summed E-state index contributed by atoms with van der Waals surface area (Å²) in [7, 11) is 0. The first kappa shape index (κ1) is 20.1. The number of carboxylic acids is 1. The van der Waals surface area contributed by atoms with Crippen LogP contribution in [0.25, 0.3) is 0 Å². The van der Waals surface area contributed by atoms with Gasteiger partial charge in [0.2, 0.25) is 0 Å². The van der Waals surface area contributed by atoms with Crippen LogP contribution in [0.2, 0.25) is 0 Å². The lowest BCUT2D eigenvalue weighted by molar-refractivity contribution is -0.144. The molecule has 2 unspecified atom stereocenters. The molecule has 0 aromatic carbocycles. The minimum atomic E-state index is -0.638. The number of hydrogen-bond acceptors (Lipinski definition) is 2. The van der Waals surface area contributed by atoms with Gasteiger partial charge in [-0.2, -0.15) is 0 Å². The largest absolute Gasteiger partial charge is 0.480 e. The molecule has 3 nitrogen and oxygen atoms in total. The molecule has 0 saturated heterocycles. The van der Waals surface area contributed by atoms with E-state index in [2.05, 4.69) is 24.8 Å². The maximum Gasteiger partial charge on any atom is 0.326 e. The summed E-state index contributed by atoms with van der Waals surface area (Å²) in [6.45, 7) is 5.34. The lowest BCUT2D eigenvalue weighted by atomic mass is 9.87. The van der Waals surface area contributed by atoms with Crippen molar-refractivity contribution >= 4 is 5.97 Å². The van der Waals surface area contributed by atoms with Crippen LogP contribution in [0.5, 0.6) is 0 Å². The van der Waals surface area contributed by atoms with E-state index in [-0.39, 0.29) is 12.0 Å². The Morgan fingerprint density at radius 2 is 1.61 bits per heavy atom. The number of rotatable bonds is 13. The molecule has 1 N–H and O–H groups in total. The number of nitrogens with zero attached hydrogens (tertiary/aromatic N) is 1. The van der Waals surface area contributed by atoms with Crippen LogP contribution < -0.4 is 0 Å². The molecular weight excluding hydrogens is 286 g/mol. The third-order valence-electron chi connectivity index (χ3n) is 4.99. The summed E-state index contributed by atoms with van der Waals surface area (Å²) >= 11 is 0. The monoisotopic (exact) mass is 323 g/mol. The van der Waals surface area contributed by atoms with Crippen LogP contribution in [0.15, 0.2) is 12.3 Å². The first-order valence-corrected chi connectivity index (χ1v) is 9.85. The van der Waals surface area contributed by atoms with E-state index in [0.29, 0.717) is 0 Å². The summed E-state index contributed by atoms with van der Waals surface area (Å²) in [5.41, 5.74) is 0. The number of carboxylic acid groups (broad SMARTS) is 1. The first-order chi connectivity index (χ1) is 11.2. The molecule has 2 atom stereocenters. The highest BCUT2D eigenvalue weighted by Crippen LogP contribution is 2.27. The van der Waals surface area contributed by atoms with Gasteiger partial charge in [-0.3, -0.25) is 0 Å². The van der Waals surface area contributed by atoms with Crippen molar-refractivity contribution in [3.63, 3.8) is 0 Å². The topological polar surface area (TPSA) is 40.5 Å². The molecular formula is C20H37NO2. The fraction of sp³-hybridized carbons (Fsp3) is 0.850. The van der Waals surface area contributed by atoms with Gasteiger partial charge in [-0.05, 0) is 31.4 Å². The average Bonchev–Trinajstić information content (AvgIpc) is 2.54. The van der Waals surface area contributed by atoms with Gasteiger partial charge in [0.1, 0.15) is 6.04 Å². The van der Waals surface area contributed by atoms with Crippen LogP contribution in [-0.4, -0.2) is 28.6 Å². The number of aliphatic carboxylic acids is 1. The zero-order valence-corrected chi connectivity index (χ0v) is 15.3. The van der Waals surface area contributed by atoms with Crippen LogP contribution in [-0.2, 0) is 4.79 Å². The van der Waals surface area contributed by atoms with Gasteiger partial charge in [0, 0.05) is 6.54 Å². The molecule has 0 spiro atoms. The van der Waals surface area contributed by atoms with Gasteiger partial charge in [-0.15, -0.1) is 0 Å². The number of unbranched alkanes of at least 4 members (excludes halogenated alkanes) is 8. The molecule has 134 valence electrons. The van der Waals surface area contributed by atoms with Crippen molar-refractivity contribution in [2.75, 3.05) is 6.54 Å². The lowest BCUT2D eigenvalue weighted by Gasteiger charge is -2.36. The SMILES string of the molecule is CCCCCCCC1CC=CN(CCCCCCC)C1C(=O)O. The van der Waals surface area contributed by atoms with Crippen LogP contribution in [0, 0.1) is 5.92 Å². The van der Waals surface area contributed by atoms with Gasteiger partial charge in [0.05, 0.1) is 0 Å². The minimum absolute atomic E-state index is 0.287. The molecule has 0 radical (unpaired) electrons. The number of carbonyl (C=O) groups is 1. The van der Waals surface area contributed by atoms with E-state index in [1.807, 2.05) is 6.20 Å². The highest BCUT2D eigenvalue weighted by molar-refractivity contribution is 5.74. The number of hydrogen-bond donors (Lipinski definition) is 1. The van der Waals surface area contributed by atoms with Crippen molar-refractivity contribution in [2.45, 2.75) is 96.9 Å². The Hall–Kier alpha value is -0.990. The molecule has 0 amide bonds.